The smallest absolute Gasteiger partial charge is 0.330 e. The highest BCUT2D eigenvalue weighted by Crippen LogP contribution is 2.37. The summed E-state index contributed by atoms with van der Waals surface area (Å²) in [5, 5.41) is 112. The number of rotatable bonds is 12. The number of hydrogen-bond donors (Lipinski definition) is 11. The van der Waals surface area contributed by atoms with Gasteiger partial charge in [-0.05, 0) is 23.8 Å². The SMILES string of the molecule is COc1cc(/C=C/C(=O)OC[C@H]2O[C@H](O[C@]3(CO)O[C@H](CO)[C@@H](O)[C@@H]3O)[C@H](O)[C@@H](O)[C@@H]2O[C@@H]2O[C@H](CO)[C@@H](O)[C@H](O)[C@H]2O)ccc1O. The number of methoxy groups -OCH3 is 1. The fraction of sp³-hybridized carbons (Fsp3) is 0.679. The first-order valence-corrected chi connectivity index (χ1v) is 14.4. The zero-order chi connectivity index (χ0) is 34.6. The lowest BCUT2D eigenvalue weighted by Crippen LogP contribution is -2.66. The molecule has 3 aliphatic heterocycles. The van der Waals surface area contributed by atoms with Crippen LogP contribution in [-0.4, -0.2) is 181 Å². The standard InChI is InChI=1S/C28H40O19/c1-41-13-6-11(2-4-12(13)32)3-5-17(33)42-9-16-24(45-26-22(38)20(36)18(34)14(7-29)43-26)21(37)23(39)27(44-16)47-28(10-31)25(40)19(35)15(8-30)46-28/h2-6,14-16,18-27,29-32,34-40H,7-10H2,1H3/b5-3+/t14-,15-,16-,18-,19-,20+,21-,22-,23-,24-,25+,26+,27-,28+/m1/s1. The molecule has 0 radical (unpaired) electrons. The summed E-state index contributed by atoms with van der Waals surface area (Å²) >= 11 is 0. The second-order valence-corrected chi connectivity index (χ2v) is 11.1. The average Bonchev–Trinajstić information content (AvgIpc) is 3.31. The van der Waals surface area contributed by atoms with E-state index in [0.717, 1.165) is 6.08 Å². The second-order valence-electron chi connectivity index (χ2n) is 11.1. The van der Waals surface area contributed by atoms with Crippen molar-refractivity contribution >= 4 is 12.0 Å². The quantitative estimate of drug-likeness (QED) is 0.0724. The van der Waals surface area contributed by atoms with Crippen molar-refractivity contribution in [1.29, 1.82) is 0 Å². The molecule has 14 atom stereocenters. The molecule has 1 aromatic carbocycles. The number of carbonyl (C=O) groups excluding carboxylic acids is 1. The van der Waals surface area contributed by atoms with Crippen LogP contribution in [0.1, 0.15) is 5.56 Å². The Morgan fingerprint density at radius 2 is 1.51 bits per heavy atom. The average molecular weight is 681 g/mol. The molecule has 4 rings (SSSR count). The first kappa shape index (κ1) is 37.3. The molecule has 19 nitrogen and oxygen atoms in total. The van der Waals surface area contributed by atoms with Crippen LogP contribution < -0.4 is 4.74 Å². The van der Waals surface area contributed by atoms with E-state index in [0.29, 0.717) is 5.56 Å². The molecule has 0 aromatic heterocycles. The van der Waals surface area contributed by atoms with Crippen molar-refractivity contribution in [2.45, 2.75) is 85.5 Å². The van der Waals surface area contributed by atoms with Gasteiger partial charge in [-0.1, -0.05) is 6.07 Å². The molecule has 47 heavy (non-hydrogen) atoms. The monoisotopic (exact) mass is 680 g/mol. The molecule has 11 N–H and O–H groups in total. The van der Waals surface area contributed by atoms with Gasteiger partial charge in [0.2, 0.25) is 5.79 Å². The van der Waals surface area contributed by atoms with Crippen molar-refractivity contribution in [3.8, 4) is 11.5 Å². The molecule has 0 bridgehead atoms. The number of aliphatic hydroxyl groups is 10. The summed E-state index contributed by atoms with van der Waals surface area (Å²) in [5.41, 5.74) is 0.439. The van der Waals surface area contributed by atoms with Crippen LogP contribution >= 0.6 is 0 Å². The Kier molecular flexibility index (Phi) is 12.5. The van der Waals surface area contributed by atoms with Gasteiger partial charge in [0.1, 0.15) is 80.4 Å². The first-order chi connectivity index (χ1) is 22.3. The van der Waals surface area contributed by atoms with Crippen LogP contribution in [0.2, 0.25) is 0 Å². The van der Waals surface area contributed by atoms with E-state index in [1.165, 1.54) is 31.4 Å². The van der Waals surface area contributed by atoms with Gasteiger partial charge in [-0.15, -0.1) is 0 Å². The molecule has 19 heteroatoms. The predicted molar refractivity (Wildman–Crippen MR) is 149 cm³/mol. The van der Waals surface area contributed by atoms with E-state index >= 15 is 0 Å². The molecular weight excluding hydrogens is 640 g/mol. The van der Waals surface area contributed by atoms with E-state index in [-0.39, 0.29) is 11.5 Å². The summed E-state index contributed by atoms with van der Waals surface area (Å²) in [6.07, 6.45) is -21.0. The molecular formula is C28H40O19. The summed E-state index contributed by atoms with van der Waals surface area (Å²) < 4.78 is 37.8. The molecule has 1 aromatic rings. The van der Waals surface area contributed by atoms with E-state index in [2.05, 4.69) is 0 Å². The first-order valence-electron chi connectivity index (χ1n) is 14.4. The van der Waals surface area contributed by atoms with Gasteiger partial charge >= 0.3 is 5.97 Å². The Hall–Kier alpha value is -2.57. The van der Waals surface area contributed by atoms with Gasteiger partial charge in [0.15, 0.2) is 24.1 Å². The van der Waals surface area contributed by atoms with E-state index in [9.17, 15) is 61.0 Å². The van der Waals surface area contributed by atoms with Gasteiger partial charge in [-0.25, -0.2) is 4.79 Å². The van der Waals surface area contributed by atoms with Crippen molar-refractivity contribution in [2.75, 3.05) is 33.5 Å². The fourth-order valence-electron chi connectivity index (χ4n) is 5.28. The fourth-order valence-corrected chi connectivity index (χ4v) is 5.28. The number of hydrogen-bond acceptors (Lipinski definition) is 19. The van der Waals surface area contributed by atoms with Crippen LogP contribution in [0.25, 0.3) is 6.08 Å². The van der Waals surface area contributed by atoms with Gasteiger partial charge in [-0.2, -0.15) is 0 Å². The summed E-state index contributed by atoms with van der Waals surface area (Å²) in [5.74, 6) is -3.42. The number of ether oxygens (including phenoxy) is 7. The Bertz CT molecular complexity index is 1210. The maximum absolute atomic E-state index is 12.6. The summed E-state index contributed by atoms with van der Waals surface area (Å²) in [7, 11) is 1.33. The lowest BCUT2D eigenvalue weighted by Gasteiger charge is -2.47. The molecule has 0 unspecified atom stereocenters. The molecule has 0 spiro atoms. The van der Waals surface area contributed by atoms with Crippen LogP contribution in [0, 0.1) is 0 Å². The highest BCUT2D eigenvalue weighted by molar-refractivity contribution is 5.87. The molecule has 3 saturated heterocycles. The molecule has 0 saturated carbocycles. The Morgan fingerprint density at radius 3 is 2.13 bits per heavy atom. The molecule has 0 aliphatic carbocycles. The summed E-state index contributed by atoms with van der Waals surface area (Å²) in [6, 6.07) is 4.24. The lowest BCUT2D eigenvalue weighted by molar-refractivity contribution is -0.398. The predicted octanol–water partition coefficient (Wildman–Crippen LogP) is -5.59. The maximum atomic E-state index is 12.6. The van der Waals surface area contributed by atoms with Gasteiger partial charge < -0.3 is 89.3 Å². The van der Waals surface area contributed by atoms with Crippen molar-refractivity contribution in [3.05, 3.63) is 29.8 Å². The van der Waals surface area contributed by atoms with Crippen LogP contribution in [0.5, 0.6) is 11.5 Å². The minimum atomic E-state index is -2.46. The molecule has 266 valence electrons. The van der Waals surface area contributed by atoms with Crippen LogP contribution in [-0.2, 0) is 33.2 Å². The molecule has 3 fully saturated rings. The highest BCUT2D eigenvalue weighted by Gasteiger charge is 2.59. The van der Waals surface area contributed by atoms with E-state index in [1.807, 2.05) is 0 Å². The third-order valence-corrected chi connectivity index (χ3v) is 8.01. The van der Waals surface area contributed by atoms with Gasteiger partial charge in [-0.3, -0.25) is 0 Å². The maximum Gasteiger partial charge on any atom is 0.330 e. The zero-order valence-corrected chi connectivity index (χ0v) is 24.9. The minimum Gasteiger partial charge on any atom is -0.504 e. The normalized spacial score (nSPS) is 40.9. The van der Waals surface area contributed by atoms with Crippen molar-refractivity contribution in [2.24, 2.45) is 0 Å². The summed E-state index contributed by atoms with van der Waals surface area (Å²) in [4.78, 5) is 12.6. The number of phenols is 1. The van der Waals surface area contributed by atoms with E-state index in [1.54, 1.807) is 0 Å². The third-order valence-electron chi connectivity index (χ3n) is 8.01. The Labute approximate surface area is 266 Å². The number of aliphatic hydroxyl groups excluding tert-OH is 10. The van der Waals surface area contributed by atoms with Gasteiger partial charge in [0, 0.05) is 6.08 Å². The number of aromatic hydroxyl groups is 1. The molecule has 3 heterocycles. The van der Waals surface area contributed by atoms with Crippen molar-refractivity contribution in [1.82, 2.24) is 0 Å². The lowest BCUT2D eigenvalue weighted by atomic mass is 9.96. The summed E-state index contributed by atoms with van der Waals surface area (Å²) in [6.45, 7) is -3.47. The number of phenolic OH excluding ortho intramolecular Hbond substituents is 1. The van der Waals surface area contributed by atoms with Gasteiger partial charge in [0.25, 0.3) is 0 Å². The Morgan fingerprint density at radius 1 is 0.851 bits per heavy atom. The Balaban J connectivity index is 1.55. The highest BCUT2D eigenvalue weighted by atomic mass is 16.8. The van der Waals surface area contributed by atoms with Gasteiger partial charge in [0.05, 0.1) is 20.3 Å². The topological polar surface area (TPSA) is 304 Å². The van der Waals surface area contributed by atoms with Crippen LogP contribution in [0.3, 0.4) is 0 Å². The molecule has 3 aliphatic rings. The number of benzene rings is 1. The van der Waals surface area contributed by atoms with Crippen molar-refractivity contribution < 1.29 is 94.1 Å². The van der Waals surface area contributed by atoms with E-state index < -0.39 is 118 Å². The minimum absolute atomic E-state index is 0.135. The number of carbonyl (C=O) groups is 1. The molecule has 0 amide bonds. The second kappa shape index (κ2) is 15.8. The largest absolute Gasteiger partial charge is 0.504 e. The third kappa shape index (κ3) is 7.85. The number of esters is 1. The van der Waals surface area contributed by atoms with E-state index in [4.69, 9.17) is 33.2 Å². The van der Waals surface area contributed by atoms with Crippen LogP contribution in [0.15, 0.2) is 24.3 Å². The zero-order valence-electron chi connectivity index (χ0n) is 24.9. The van der Waals surface area contributed by atoms with Crippen LogP contribution in [0.4, 0.5) is 0 Å². The van der Waals surface area contributed by atoms with Crippen molar-refractivity contribution in [3.63, 3.8) is 0 Å².